The number of carboxylic acid groups (broad SMARTS) is 1. The van der Waals surface area contributed by atoms with E-state index < -0.39 is 15.8 Å². The molecule has 0 fully saturated rings. The molecule has 1 rings (SSSR count). The molecule has 0 aromatic heterocycles. The lowest BCUT2D eigenvalue weighted by Crippen LogP contribution is -2.22. The van der Waals surface area contributed by atoms with Gasteiger partial charge in [0.1, 0.15) is 0 Å². The lowest BCUT2D eigenvalue weighted by atomic mass is 10.3. The van der Waals surface area contributed by atoms with Gasteiger partial charge in [-0.1, -0.05) is 18.2 Å². The smallest absolute Gasteiger partial charge is 0.178 e. The van der Waals surface area contributed by atoms with E-state index in [1.165, 1.54) is 12.1 Å². The van der Waals surface area contributed by atoms with Crippen LogP contribution in [-0.2, 0) is 14.6 Å². The number of rotatable bonds is 5. The molecule has 1 aromatic carbocycles. The van der Waals surface area contributed by atoms with Crippen LogP contribution in [0.4, 0.5) is 0 Å². The molecule has 0 radical (unpaired) electrons. The molecule has 0 saturated heterocycles. The molecule has 15 heavy (non-hydrogen) atoms. The van der Waals surface area contributed by atoms with Crippen LogP contribution < -0.4 is 5.11 Å². The van der Waals surface area contributed by atoms with Gasteiger partial charge in [-0.15, -0.1) is 0 Å². The molecule has 5 heteroatoms. The Balaban J connectivity index is 2.65. The van der Waals surface area contributed by atoms with E-state index in [1.54, 1.807) is 18.2 Å². The van der Waals surface area contributed by atoms with Crippen molar-refractivity contribution in [3.8, 4) is 0 Å². The molecule has 0 aliphatic rings. The summed E-state index contributed by atoms with van der Waals surface area (Å²) in [5.41, 5.74) is 0. The molecule has 0 unspecified atom stereocenters. The van der Waals surface area contributed by atoms with Gasteiger partial charge in [-0.05, 0) is 25.0 Å². The van der Waals surface area contributed by atoms with E-state index in [2.05, 4.69) is 0 Å². The number of hydrogen-bond donors (Lipinski definition) is 0. The third-order valence-corrected chi connectivity index (χ3v) is 3.71. The second kappa shape index (κ2) is 4.93. The fourth-order valence-electron chi connectivity index (χ4n) is 1.15. The molecule has 0 amide bonds. The summed E-state index contributed by atoms with van der Waals surface area (Å²) in [4.78, 5) is 10.3. The van der Waals surface area contributed by atoms with E-state index in [1.807, 2.05) is 0 Å². The summed E-state index contributed by atoms with van der Waals surface area (Å²) in [7, 11) is -3.35. The van der Waals surface area contributed by atoms with Crippen LogP contribution in [0.2, 0.25) is 0 Å². The van der Waals surface area contributed by atoms with Crippen LogP contribution in [0, 0.1) is 0 Å². The predicted molar refractivity (Wildman–Crippen MR) is 52.7 cm³/mol. The third kappa shape index (κ3) is 3.71. The van der Waals surface area contributed by atoms with Crippen molar-refractivity contribution in [3.05, 3.63) is 30.3 Å². The van der Waals surface area contributed by atoms with E-state index in [0.717, 1.165) is 0 Å². The fourth-order valence-corrected chi connectivity index (χ4v) is 2.48. The average Bonchev–Trinajstić information content (AvgIpc) is 2.18. The van der Waals surface area contributed by atoms with Crippen molar-refractivity contribution in [2.24, 2.45) is 0 Å². The van der Waals surface area contributed by atoms with E-state index in [9.17, 15) is 18.3 Å². The highest BCUT2D eigenvalue weighted by Gasteiger charge is 2.12. The zero-order chi connectivity index (χ0) is 11.3. The summed E-state index contributed by atoms with van der Waals surface area (Å²) in [6.07, 6.45) is -0.147. The van der Waals surface area contributed by atoms with Gasteiger partial charge in [0.25, 0.3) is 0 Å². The fraction of sp³-hybridized carbons (Fsp3) is 0.300. The Bertz CT molecular complexity index is 422. The first kappa shape index (κ1) is 11.7. The van der Waals surface area contributed by atoms with Crippen LogP contribution in [0.15, 0.2) is 35.2 Å². The maximum absolute atomic E-state index is 11.6. The topological polar surface area (TPSA) is 74.3 Å². The molecule has 0 saturated carbocycles. The highest BCUT2D eigenvalue weighted by Crippen LogP contribution is 2.11. The Hall–Kier alpha value is -1.36. The molecule has 0 aliphatic heterocycles. The van der Waals surface area contributed by atoms with Gasteiger partial charge in [0.2, 0.25) is 0 Å². The standard InChI is InChI=1S/C10H12O4S/c11-10(12)7-4-8-15(13,14)9-5-2-1-3-6-9/h1-3,5-6H,4,7-8H2,(H,11,12)/p-1. The second-order valence-electron chi connectivity index (χ2n) is 3.11. The monoisotopic (exact) mass is 227 g/mol. The van der Waals surface area contributed by atoms with Crippen molar-refractivity contribution in [1.29, 1.82) is 0 Å². The van der Waals surface area contributed by atoms with Crippen LogP contribution >= 0.6 is 0 Å². The van der Waals surface area contributed by atoms with Gasteiger partial charge < -0.3 is 9.90 Å². The largest absolute Gasteiger partial charge is 0.550 e. The Kier molecular flexibility index (Phi) is 3.85. The van der Waals surface area contributed by atoms with Crippen molar-refractivity contribution in [2.75, 3.05) is 5.75 Å². The molecule has 0 N–H and O–H groups in total. The number of carbonyl (C=O) groups excluding carboxylic acids is 1. The predicted octanol–water partition coefficient (Wildman–Crippen LogP) is -0.00960. The Morgan fingerprint density at radius 3 is 2.33 bits per heavy atom. The van der Waals surface area contributed by atoms with E-state index >= 15 is 0 Å². The Labute approximate surface area is 88.5 Å². The summed E-state index contributed by atoms with van der Waals surface area (Å²) in [6.45, 7) is 0. The Morgan fingerprint density at radius 1 is 1.20 bits per heavy atom. The quantitative estimate of drug-likeness (QED) is 0.709. The molecule has 82 valence electrons. The van der Waals surface area contributed by atoms with E-state index in [0.29, 0.717) is 0 Å². The number of benzene rings is 1. The number of carbonyl (C=O) groups is 1. The second-order valence-corrected chi connectivity index (χ2v) is 5.22. The molecule has 0 spiro atoms. The summed E-state index contributed by atoms with van der Waals surface area (Å²) in [5, 5.41) is 10.1. The van der Waals surface area contributed by atoms with Gasteiger partial charge in [0.05, 0.1) is 10.6 Å². The molecule has 4 nitrogen and oxygen atoms in total. The van der Waals surface area contributed by atoms with Crippen LogP contribution in [0.1, 0.15) is 12.8 Å². The lowest BCUT2D eigenvalue weighted by Gasteiger charge is -2.04. The van der Waals surface area contributed by atoms with Gasteiger partial charge in [-0.2, -0.15) is 0 Å². The normalized spacial score (nSPS) is 11.2. The molecule has 0 heterocycles. The number of aliphatic carboxylic acids is 1. The van der Waals surface area contributed by atoms with Crippen LogP contribution in [0.5, 0.6) is 0 Å². The first-order valence-corrected chi connectivity index (χ1v) is 6.15. The number of sulfone groups is 1. The molecule has 1 aromatic rings. The van der Waals surface area contributed by atoms with Crippen molar-refractivity contribution < 1.29 is 18.3 Å². The first-order valence-electron chi connectivity index (χ1n) is 4.50. The van der Waals surface area contributed by atoms with Crippen molar-refractivity contribution in [1.82, 2.24) is 0 Å². The minimum Gasteiger partial charge on any atom is -0.550 e. The van der Waals surface area contributed by atoms with Crippen molar-refractivity contribution >= 4 is 15.8 Å². The van der Waals surface area contributed by atoms with Gasteiger partial charge in [0, 0.05) is 5.97 Å². The summed E-state index contributed by atoms with van der Waals surface area (Å²) in [6, 6.07) is 7.97. The van der Waals surface area contributed by atoms with Crippen LogP contribution in [-0.4, -0.2) is 20.1 Å². The molecule has 0 atom stereocenters. The van der Waals surface area contributed by atoms with Crippen molar-refractivity contribution in [3.63, 3.8) is 0 Å². The molecular weight excluding hydrogens is 216 g/mol. The van der Waals surface area contributed by atoms with E-state index in [4.69, 9.17) is 0 Å². The average molecular weight is 227 g/mol. The van der Waals surface area contributed by atoms with Crippen LogP contribution in [0.25, 0.3) is 0 Å². The highest BCUT2D eigenvalue weighted by molar-refractivity contribution is 7.91. The van der Waals surface area contributed by atoms with E-state index in [-0.39, 0.29) is 23.5 Å². The minimum absolute atomic E-state index is 0.0829. The van der Waals surface area contributed by atoms with Gasteiger partial charge in [0.15, 0.2) is 9.84 Å². The third-order valence-electron chi connectivity index (χ3n) is 1.90. The molecule has 0 bridgehead atoms. The number of carboxylic acids is 1. The lowest BCUT2D eigenvalue weighted by molar-refractivity contribution is -0.305. The van der Waals surface area contributed by atoms with Crippen LogP contribution in [0.3, 0.4) is 0 Å². The van der Waals surface area contributed by atoms with Crippen molar-refractivity contribution in [2.45, 2.75) is 17.7 Å². The molecular formula is C10H11O4S-. The highest BCUT2D eigenvalue weighted by atomic mass is 32.2. The van der Waals surface area contributed by atoms with Gasteiger partial charge in [-0.25, -0.2) is 8.42 Å². The zero-order valence-electron chi connectivity index (χ0n) is 8.05. The molecule has 0 aliphatic carbocycles. The maximum atomic E-state index is 11.6. The summed E-state index contributed by atoms with van der Waals surface area (Å²) >= 11 is 0. The SMILES string of the molecule is O=C([O-])CCCS(=O)(=O)c1ccccc1. The number of hydrogen-bond acceptors (Lipinski definition) is 4. The zero-order valence-corrected chi connectivity index (χ0v) is 8.87. The van der Waals surface area contributed by atoms with Gasteiger partial charge in [-0.3, -0.25) is 0 Å². The Morgan fingerprint density at radius 2 is 1.80 bits per heavy atom. The summed E-state index contributed by atoms with van der Waals surface area (Å²) < 4.78 is 23.2. The maximum Gasteiger partial charge on any atom is 0.178 e. The minimum atomic E-state index is -3.35. The summed E-state index contributed by atoms with van der Waals surface area (Å²) in [5.74, 6) is -1.39. The van der Waals surface area contributed by atoms with Gasteiger partial charge >= 0.3 is 0 Å². The first-order chi connectivity index (χ1) is 7.02.